The Balaban J connectivity index is 1.40. The van der Waals surface area contributed by atoms with Crippen LogP contribution in [0.3, 0.4) is 0 Å². The lowest BCUT2D eigenvalue weighted by molar-refractivity contribution is 1.08. The predicted molar refractivity (Wildman–Crippen MR) is 199 cm³/mol. The summed E-state index contributed by atoms with van der Waals surface area (Å²) in [5.41, 5.74) is 11.5. The van der Waals surface area contributed by atoms with E-state index < -0.39 is 0 Å². The normalized spacial score (nSPS) is 11.8. The predicted octanol–water partition coefficient (Wildman–Crippen LogP) is 11.2. The number of hydrogen-bond acceptors (Lipinski definition) is 2. The fourth-order valence-electron chi connectivity index (χ4n) is 7.37. The quantitative estimate of drug-likeness (QED) is 0.198. The van der Waals surface area contributed by atoms with Crippen LogP contribution in [0.15, 0.2) is 170 Å². The number of hydrogen-bond donors (Lipinski definition) is 0. The molecular weight excluding hydrogens is 585 g/mol. The number of benzene rings is 7. The smallest absolute Gasteiger partial charge is 0.165 e. The molecule has 0 aliphatic rings. The molecule has 4 heteroatoms. The summed E-state index contributed by atoms with van der Waals surface area (Å²) >= 11 is 0. The standard InChI is InChI=1S/C44H28N4/c1-4-14-29(15-5-1)31-24-27-37-38(28-31)46-44(41(45-37)30-16-6-2-7-17-30)48-40-23-13-11-21-34(40)36-26-25-35-33-20-10-12-22-39(33)47(42(35)43(36)48)32-18-8-3-9-19-32/h1-28H. The van der Waals surface area contributed by atoms with Crippen LogP contribution in [0.5, 0.6) is 0 Å². The first-order chi connectivity index (χ1) is 23.8. The van der Waals surface area contributed by atoms with Crippen molar-refractivity contribution in [2.45, 2.75) is 0 Å². The van der Waals surface area contributed by atoms with E-state index in [-0.39, 0.29) is 0 Å². The molecule has 0 saturated heterocycles. The largest absolute Gasteiger partial charge is 0.307 e. The maximum absolute atomic E-state index is 5.53. The van der Waals surface area contributed by atoms with Crippen molar-refractivity contribution in [3.63, 3.8) is 0 Å². The van der Waals surface area contributed by atoms with Crippen LogP contribution in [-0.4, -0.2) is 19.1 Å². The third-order valence-electron chi connectivity index (χ3n) is 9.50. The van der Waals surface area contributed by atoms with E-state index in [2.05, 4.69) is 167 Å². The van der Waals surface area contributed by atoms with Gasteiger partial charge in [-0.1, -0.05) is 133 Å². The van der Waals surface area contributed by atoms with Gasteiger partial charge in [0.2, 0.25) is 0 Å². The van der Waals surface area contributed by atoms with E-state index >= 15 is 0 Å². The molecule has 0 radical (unpaired) electrons. The third-order valence-corrected chi connectivity index (χ3v) is 9.50. The van der Waals surface area contributed by atoms with Gasteiger partial charge in [0.1, 0.15) is 5.69 Å². The summed E-state index contributed by atoms with van der Waals surface area (Å²) in [5.74, 6) is 0.808. The topological polar surface area (TPSA) is 35.6 Å². The fourth-order valence-corrected chi connectivity index (χ4v) is 7.37. The molecule has 0 spiro atoms. The average Bonchev–Trinajstić information content (AvgIpc) is 3.68. The highest BCUT2D eigenvalue weighted by Gasteiger charge is 2.24. The molecule has 3 heterocycles. The Kier molecular flexibility index (Phi) is 5.84. The Labute approximate surface area is 276 Å². The highest BCUT2D eigenvalue weighted by Crippen LogP contribution is 2.42. The lowest BCUT2D eigenvalue weighted by atomic mass is 10.0. The minimum atomic E-state index is 0.808. The number of nitrogens with zero attached hydrogens (tertiary/aromatic N) is 4. The van der Waals surface area contributed by atoms with Crippen LogP contribution in [0.1, 0.15) is 0 Å². The van der Waals surface area contributed by atoms with Crippen molar-refractivity contribution in [3.8, 4) is 33.9 Å². The van der Waals surface area contributed by atoms with Crippen molar-refractivity contribution in [1.82, 2.24) is 19.1 Å². The van der Waals surface area contributed by atoms with Gasteiger partial charge in [-0.15, -0.1) is 0 Å². The first-order valence-electron chi connectivity index (χ1n) is 16.3. The van der Waals surface area contributed by atoms with Crippen molar-refractivity contribution >= 4 is 54.6 Å². The summed E-state index contributed by atoms with van der Waals surface area (Å²) in [7, 11) is 0. The van der Waals surface area contributed by atoms with Gasteiger partial charge in [0.15, 0.2) is 5.82 Å². The van der Waals surface area contributed by atoms with E-state index in [0.29, 0.717) is 0 Å². The lowest BCUT2D eigenvalue weighted by Gasteiger charge is -2.16. The molecule has 224 valence electrons. The Morgan fingerprint density at radius 2 is 0.896 bits per heavy atom. The molecule has 0 saturated carbocycles. The van der Waals surface area contributed by atoms with Gasteiger partial charge in [-0.25, -0.2) is 9.97 Å². The molecule has 0 atom stereocenters. The van der Waals surface area contributed by atoms with Gasteiger partial charge >= 0.3 is 0 Å². The van der Waals surface area contributed by atoms with Crippen molar-refractivity contribution in [1.29, 1.82) is 0 Å². The number of aromatic nitrogens is 4. The molecule has 10 rings (SSSR count). The van der Waals surface area contributed by atoms with Crippen LogP contribution in [0.4, 0.5) is 0 Å². The van der Waals surface area contributed by atoms with E-state index in [1.165, 1.54) is 27.1 Å². The second-order valence-corrected chi connectivity index (χ2v) is 12.2. The molecule has 48 heavy (non-hydrogen) atoms. The summed E-state index contributed by atoms with van der Waals surface area (Å²) in [6.07, 6.45) is 0. The Morgan fingerprint density at radius 3 is 1.56 bits per heavy atom. The molecule has 3 aromatic heterocycles. The molecule has 0 amide bonds. The lowest BCUT2D eigenvalue weighted by Crippen LogP contribution is -2.05. The minimum absolute atomic E-state index is 0.808. The summed E-state index contributed by atoms with van der Waals surface area (Å²) in [6.45, 7) is 0. The molecule has 0 fully saturated rings. The molecule has 10 aromatic rings. The van der Waals surface area contributed by atoms with E-state index in [0.717, 1.165) is 61.5 Å². The minimum Gasteiger partial charge on any atom is -0.307 e. The number of fused-ring (bicyclic) bond motifs is 8. The summed E-state index contributed by atoms with van der Waals surface area (Å²) in [4.78, 5) is 10.9. The van der Waals surface area contributed by atoms with Crippen molar-refractivity contribution in [2.75, 3.05) is 0 Å². The summed E-state index contributed by atoms with van der Waals surface area (Å²) in [5, 5.41) is 4.78. The first-order valence-corrected chi connectivity index (χ1v) is 16.3. The summed E-state index contributed by atoms with van der Waals surface area (Å²) < 4.78 is 4.77. The van der Waals surface area contributed by atoms with Crippen LogP contribution in [0, 0.1) is 0 Å². The van der Waals surface area contributed by atoms with Gasteiger partial charge in [-0.05, 0) is 47.5 Å². The molecule has 4 nitrogen and oxygen atoms in total. The Morgan fingerprint density at radius 1 is 0.354 bits per heavy atom. The maximum atomic E-state index is 5.53. The SMILES string of the molecule is c1ccc(-c2ccc3nc(-c4ccccc4)c(-n4c5ccccc5c5ccc6c7ccccc7n(-c7ccccc7)c6c54)nc3c2)cc1. The van der Waals surface area contributed by atoms with Gasteiger partial charge < -0.3 is 4.57 Å². The molecule has 0 unspecified atom stereocenters. The zero-order valence-electron chi connectivity index (χ0n) is 26.0. The molecule has 0 bridgehead atoms. The number of para-hydroxylation sites is 3. The maximum Gasteiger partial charge on any atom is 0.165 e. The van der Waals surface area contributed by atoms with E-state index in [4.69, 9.17) is 9.97 Å². The van der Waals surface area contributed by atoms with Gasteiger partial charge in [0.05, 0.1) is 33.1 Å². The van der Waals surface area contributed by atoms with Crippen molar-refractivity contribution in [3.05, 3.63) is 170 Å². The van der Waals surface area contributed by atoms with Crippen molar-refractivity contribution in [2.24, 2.45) is 0 Å². The van der Waals surface area contributed by atoms with Crippen LogP contribution in [0.2, 0.25) is 0 Å². The third kappa shape index (κ3) is 3.96. The van der Waals surface area contributed by atoms with Crippen LogP contribution in [0.25, 0.3) is 88.5 Å². The monoisotopic (exact) mass is 612 g/mol. The van der Waals surface area contributed by atoms with E-state index in [1.807, 2.05) is 12.1 Å². The average molecular weight is 613 g/mol. The van der Waals surface area contributed by atoms with Gasteiger partial charge in [-0.2, -0.15) is 0 Å². The zero-order chi connectivity index (χ0) is 31.6. The molecule has 0 aliphatic carbocycles. The second kappa shape index (κ2) is 10.5. The molecular formula is C44H28N4. The van der Waals surface area contributed by atoms with E-state index in [1.54, 1.807) is 0 Å². The Hall–Kier alpha value is -6.52. The van der Waals surface area contributed by atoms with Gasteiger partial charge in [0.25, 0.3) is 0 Å². The Bertz CT molecular complexity index is 2810. The highest BCUT2D eigenvalue weighted by atomic mass is 15.1. The van der Waals surface area contributed by atoms with E-state index in [9.17, 15) is 0 Å². The van der Waals surface area contributed by atoms with Crippen LogP contribution < -0.4 is 0 Å². The van der Waals surface area contributed by atoms with Gasteiger partial charge in [-0.3, -0.25) is 4.57 Å². The first kappa shape index (κ1) is 26.7. The highest BCUT2D eigenvalue weighted by molar-refractivity contribution is 6.24. The van der Waals surface area contributed by atoms with Gasteiger partial charge in [0, 0.05) is 32.8 Å². The second-order valence-electron chi connectivity index (χ2n) is 12.2. The van der Waals surface area contributed by atoms with Crippen LogP contribution in [-0.2, 0) is 0 Å². The molecule has 7 aromatic carbocycles. The fraction of sp³-hybridized carbons (Fsp3) is 0. The molecule has 0 N–H and O–H groups in total. The summed E-state index contributed by atoms with van der Waals surface area (Å²) in [6, 6.07) is 59.9. The number of rotatable bonds is 4. The zero-order valence-corrected chi connectivity index (χ0v) is 26.0. The molecule has 0 aliphatic heterocycles. The van der Waals surface area contributed by atoms with Crippen molar-refractivity contribution < 1.29 is 0 Å². The van der Waals surface area contributed by atoms with Crippen LogP contribution >= 0.6 is 0 Å².